The van der Waals surface area contributed by atoms with E-state index in [0.717, 1.165) is 6.42 Å². The molecule has 1 aliphatic heterocycles. The van der Waals surface area contributed by atoms with E-state index in [1.54, 1.807) is 46.6 Å². The SMILES string of the molecule is O=C(CCC(=O)N1CCc2sccc2C1)NC(C(=O)O)c1ccccc1. The molecule has 2 heterocycles. The van der Waals surface area contributed by atoms with Crippen LogP contribution in [-0.2, 0) is 27.3 Å². The highest BCUT2D eigenvalue weighted by Crippen LogP contribution is 2.24. The van der Waals surface area contributed by atoms with Crippen LogP contribution in [0, 0.1) is 0 Å². The number of nitrogens with zero attached hydrogens (tertiary/aromatic N) is 1. The normalized spacial score (nSPS) is 14.4. The number of carboxylic acids is 1. The monoisotopic (exact) mass is 372 g/mol. The zero-order chi connectivity index (χ0) is 18.5. The number of rotatable bonds is 6. The van der Waals surface area contributed by atoms with E-state index in [4.69, 9.17) is 0 Å². The van der Waals surface area contributed by atoms with Crippen LogP contribution in [0.4, 0.5) is 0 Å². The number of fused-ring (bicyclic) bond motifs is 1. The van der Waals surface area contributed by atoms with E-state index in [1.807, 2.05) is 11.4 Å². The fourth-order valence-electron chi connectivity index (χ4n) is 3.01. The lowest BCUT2D eigenvalue weighted by Crippen LogP contribution is -2.37. The van der Waals surface area contributed by atoms with Gasteiger partial charge in [0.2, 0.25) is 11.8 Å². The molecule has 0 fully saturated rings. The highest BCUT2D eigenvalue weighted by atomic mass is 32.1. The topological polar surface area (TPSA) is 86.7 Å². The summed E-state index contributed by atoms with van der Waals surface area (Å²) in [6.45, 7) is 1.25. The summed E-state index contributed by atoms with van der Waals surface area (Å²) in [5.41, 5.74) is 1.68. The Balaban J connectivity index is 1.52. The van der Waals surface area contributed by atoms with Gasteiger partial charge in [0.25, 0.3) is 0 Å². The molecule has 2 aromatic rings. The average Bonchev–Trinajstić information content (AvgIpc) is 3.12. The average molecular weight is 372 g/mol. The van der Waals surface area contributed by atoms with Crippen LogP contribution in [0.1, 0.15) is 34.9 Å². The minimum Gasteiger partial charge on any atom is -0.479 e. The molecule has 0 radical (unpaired) electrons. The summed E-state index contributed by atoms with van der Waals surface area (Å²) < 4.78 is 0. The molecule has 1 aromatic heterocycles. The van der Waals surface area contributed by atoms with Crippen LogP contribution in [0.3, 0.4) is 0 Å². The van der Waals surface area contributed by atoms with Crippen molar-refractivity contribution in [1.29, 1.82) is 0 Å². The lowest BCUT2D eigenvalue weighted by atomic mass is 10.1. The first kappa shape index (κ1) is 18.1. The lowest BCUT2D eigenvalue weighted by Gasteiger charge is -2.27. The molecule has 26 heavy (non-hydrogen) atoms. The fraction of sp³-hybridized carbons (Fsp3) is 0.316. The largest absolute Gasteiger partial charge is 0.479 e. The lowest BCUT2D eigenvalue weighted by molar-refractivity contribution is -0.142. The van der Waals surface area contributed by atoms with Gasteiger partial charge in [0.15, 0.2) is 6.04 Å². The number of carbonyl (C=O) groups excluding carboxylic acids is 2. The van der Waals surface area contributed by atoms with E-state index in [-0.39, 0.29) is 18.7 Å². The van der Waals surface area contributed by atoms with Crippen LogP contribution >= 0.6 is 11.3 Å². The molecule has 7 heteroatoms. The second-order valence-electron chi connectivity index (χ2n) is 6.18. The minimum absolute atomic E-state index is 0.0254. The van der Waals surface area contributed by atoms with Crippen molar-refractivity contribution in [2.24, 2.45) is 0 Å². The van der Waals surface area contributed by atoms with Crippen LogP contribution in [0.2, 0.25) is 0 Å². The van der Waals surface area contributed by atoms with Gasteiger partial charge < -0.3 is 15.3 Å². The molecule has 2 N–H and O–H groups in total. The first-order chi connectivity index (χ1) is 12.5. The third kappa shape index (κ3) is 4.29. The van der Waals surface area contributed by atoms with Gasteiger partial charge >= 0.3 is 5.97 Å². The number of benzene rings is 1. The predicted molar refractivity (Wildman–Crippen MR) is 97.6 cm³/mol. The van der Waals surface area contributed by atoms with Crippen LogP contribution in [0.5, 0.6) is 0 Å². The summed E-state index contributed by atoms with van der Waals surface area (Å²) in [5, 5.41) is 13.9. The maximum Gasteiger partial charge on any atom is 0.330 e. The number of nitrogens with one attached hydrogen (secondary N) is 1. The molecule has 1 aliphatic rings. The van der Waals surface area contributed by atoms with E-state index in [1.165, 1.54) is 10.4 Å². The van der Waals surface area contributed by atoms with Gasteiger partial charge in [-0.1, -0.05) is 30.3 Å². The maximum atomic E-state index is 12.4. The van der Waals surface area contributed by atoms with Gasteiger partial charge in [-0.15, -0.1) is 11.3 Å². The Labute approximate surface area is 155 Å². The van der Waals surface area contributed by atoms with Crippen LogP contribution in [-0.4, -0.2) is 34.3 Å². The number of hydrogen-bond acceptors (Lipinski definition) is 4. The Morgan fingerprint density at radius 3 is 2.65 bits per heavy atom. The van der Waals surface area contributed by atoms with Crippen molar-refractivity contribution >= 4 is 29.1 Å². The number of amides is 2. The Morgan fingerprint density at radius 1 is 1.15 bits per heavy atom. The highest BCUT2D eigenvalue weighted by Gasteiger charge is 2.24. The molecular weight excluding hydrogens is 352 g/mol. The zero-order valence-electron chi connectivity index (χ0n) is 14.2. The number of carbonyl (C=O) groups is 3. The quantitative estimate of drug-likeness (QED) is 0.815. The van der Waals surface area contributed by atoms with Crippen molar-refractivity contribution in [3.63, 3.8) is 0 Å². The second kappa shape index (κ2) is 8.14. The Hall–Kier alpha value is -2.67. The smallest absolute Gasteiger partial charge is 0.330 e. The van der Waals surface area contributed by atoms with Crippen LogP contribution < -0.4 is 5.32 Å². The molecule has 3 rings (SSSR count). The summed E-state index contributed by atoms with van der Waals surface area (Å²) in [7, 11) is 0. The number of carboxylic acid groups (broad SMARTS) is 1. The molecule has 0 saturated heterocycles. The van der Waals surface area contributed by atoms with Crippen LogP contribution in [0.25, 0.3) is 0 Å². The number of aliphatic carboxylic acids is 1. The number of thiophene rings is 1. The van der Waals surface area contributed by atoms with Gasteiger partial charge in [-0.2, -0.15) is 0 Å². The third-order valence-electron chi connectivity index (χ3n) is 4.41. The van der Waals surface area contributed by atoms with E-state index < -0.39 is 17.9 Å². The van der Waals surface area contributed by atoms with Crippen LogP contribution in [0.15, 0.2) is 41.8 Å². The molecule has 0 aliphatic carbocycles. The first-order valence-corrected chi connectivity index (χ1v) is 9.32. The molecule has 6 nitrogen and oxygen atoms in total. The van der Waals surface area contributed by atoms with E-state index in [2.05, 4.69) is 5.32 Å². The molecule has 1 atom stereocenters. The third-order valence-corrected chi connectivity index (χ3v) is 5.43. The second-order valence-corrected chi connectivity index (χ2v) is 7.18. The van der Waals surface area contributed by atoms with Gasteiger partial charge in [0, 0.05) is 30.8 Å². The van der Waals surface area contributed by atoms with Gasteiger partial charge in [-0.05, 0) is 29.0 Å². The summed E-state index contributed by atoms with van der Waals surface area (Å²) in [6.07, 6.45) is 0.898. The van der Waals surface area contributed by atoms with Gasteiger partial charge in [0.05, 0.1) is 0 Å². The molecule has 1 unspecified atom stereocenters. The molecule has 0 spiro atoms. The maximum absolute atomic E-state index is 12.4. The Bertz CT molecular complexity index is 803. The molecule has 0 bridgehead atoms. The van der Waals surface area contributed by atoms with E-state index >= 15 is 0 Å². The summed E-state index contributed by atoms with van der Waals surface area (Å²) in [5.74, 6) is -1.65. The van der Waals surface area contributed by atoms with Gasteiger partial charge in [-0.3, -0.25) is 9.59 Å². The standard InChI is InChI=1S/C19H20N2O4S/c22-16(20-18(19(24)25)13-4-2-1-3-5-13)6-7-17(23)21-10-8-15-14(12-21)9-11-26-15/h1-5,9,11,18H,6-8,10,12H2,(H,20,22)(H,24,25). The van der Waals surface area contributed by atoms with Crippen molar-refractivity contribution in [3.8, 4) is 0 Å². The van der Waals surface area contributed by atoms with Crippen molar-refractivity contribution in [1.82, 2.24) is 10.2 Å². The minimum atomic E-state index is -1.13. The number of hydrogen-bond donors (Lipinski definition) is 2. The van der Waals surface area contributed by atoms with Crippen molar-refractivity contribution in [2.45, 2.75) is 31.8 Å². The summed E-state index contributed by atoms with van der Waals surface area (Å²) in [6, 6.07) is 9.44. The van der Waals surface area contributed by atoms with Gasteiger partial charge in [0.1, 0.15) is 0 Å². The molecule has 136 valence electrons. The molecule has 2 amide bonds. The highest BCUT2D eigenvalue weighted by molar-refractivity contribution is 7.10. The Morgan fingerprint density at radius 2 is 1.92 bits per heavy atom. The van der Waals surface area contributed by atoms with Crippen molar-refractivity contribution in [2.75, 3.05) is 6.54 Å². The molecule has 1 aromatic carbocycles. The summed E-state index contributed by atoms with van der Waals surface area (Å²) in [4.78, 5) is 39.0. The summed E-state index contributed by atoms with van der Waals surface area (Å²) >= 11 is 1.71. The fourth-order valence-corrected chi connectivity index (χ4v) is 3.90. The molecular formula is C19H20N2O4S. The van der Waals surface area contributed by atoms with E-state index in [0.29, 0.717) is 18.7 Å². The van der Waals surface area contributed by atoms with Crippen molar-refractivity contribution in [3.05, 3.63) is 57.8 Å². The van der Waals surface area contributed by atoms with E-state index in [9.17, 15) is 19.5 Å². The molecule has 0 saturated carbocycles. The Kier molecular flexibility index (Phi) is 5.68. The zero-order valence-corrected chi connectivity index (χ0v) is 15.0. The first-order valence-electron chi connectivity index (χ1n) is 8.44. The predicted octanol–water partition coefficient (Wildman–Crippen LogP) is 2.36. The van der Waals surface area contributed by atoms with Gasteiger partial charge in [-0.25, -0.2) is 4.79 Å². The van der Waals surface area contributed by atoms with Crippen molar-refractivity contribution < 1.29 is 19.5 Å².